The van der Waals surface area contributed by atoms with Crippen LogP contribution < -0.4 is 19.5 Å². The average molecular weight is 559 g/mol. The SMILES string of the molecule is C[C@@H](C(=O)Nc1nc2cc3c(cc2s1)OC(F)(F)O3)N1CCC(F)(F)C(c2cc[n+]([O-])c(C(O)CO)c2)C1. The molecule has 0 saturated carbocycles. The molecule has 1 saturated heterocycles. The number of nitrogens with one attached hydrogen (secondary N) is 1. The Hall–Kier alpha value is -3.27. The number of piperidine rings is 1. The fraction of sp³-hybridized carbons (Fsp3) is 0.435. The van der Waals surface area contributed by atoms with Crippen molar-refractivity contribution >= 4 is 32.6 Å². The zero-order chi connectivity index (χ0) is 27.4. The summed E-state index contributed by atoms with van der Waals surface area (Å²) in [6.45, 7) is 0.513. The molecule has 204 valence electrons. The number of benzene rings is 1. The predicted octanol–water partition coefficient (Wildman–Crippen LogP) is 2.73. The fourth-order valence-electron chi connectivity index (χ4n) is 4.50. The van der Waals surface area contributed by atoms with Crippen LogP contribution in [0.1, 0.15) is 36.6 Å². The first-order valence-electron chi connectivity index (χ1n) is 11.5. The fourth-order valence-corrected chi connectivity index (χ4v) is 5.38. The van der Waals surface area contributed by atoms with Crippen LogP contribution in [0.4, 0.5) is 22.7 Å². The lowest BCUT2D eigenvalue weighted by molar-refractivity contribution is -0.618. The minimum Gasteiger partial charge on any atom is -0.618 e. The number of aromatic nitrogens is 2. The molecule has 3 aromatic rings. The van der Waals surface area contributed by atoms with Gasteiger partial charge in [0.05, 0.1) is 28.8 Å². The van der Waals surface area contributed by atoms with E-state index < -0.39 is 49.2 Å². The van der Waals surface area contributed by atoms with Gasteiger partial charge in [-0.25, -0.2) is 13.8 Å². The number of alkyl halides is 4. The van der Waals surface area contributed by atoms with Crippen LogP contribution in [-0.2, 0) is 4.79 Å². The first-order valence-corrected chi connectivity index (χ1v) is 12.3. The maximum Gasteiger partial charge on any atom is 0.586 e. The van der Waals surface area contributed by atoms with E-state index >= 15 is 0 Å². The molecular weight excluding hydrogens is 536 g/mol. The molecule has 1 amide bonds. The van der Waals surface area contributed by atoms with Gasteiger partial charge in [-0.15, -0.1) is 8.78 Å². The number of hydrogen-bond acceptors (Lipinski definition) is 9. The first kappa shape index (κ1) is 26.3. The van der Waals surface area contributed by atoms with Gasteiger partial charge in [0.25, 0.3) is 5.92 Å². The molecular formula is C23H22F4N4O6S. The predicted molar refractivity (Wildman–Crippen MR) is 125 cm³/mol. The van der Waals surface area contributed by atoms with Crippen LogP contribution >= 0.6 is 11.3 Å². The number of carbonyl (C=O) groups excluding carboxylic acids is 1. The average Bonchev–Trinajstić information content (AvgIpc) is 3.38. The summed E-state index contributed by atoms with van der Waals surface area (Å²) in [5.41, 5.74) is 0.137. The first-order chi connectivity index (χ1) is 17.9. The maximum atomic E-state index is 14.9. The minimum absolute atomic E-state index is 0.0753. The van der Waals surface area contributed by atoms with E-state index in [9.17, 15) is 37.8 Å². The van der Waals surface area contributed by atoms with E-state index in [1.807, 2.05) is 0 Å². The molecule has 3 atom stereocenters. The minimum atomic E-state index is -3.77. The summed E-state index contributed by atoms with van der Waals surface area (Å²) in [5.74, 6) is -5.37. The van der Waals surface area contributed by atoms with Crippen molar-refractivity contribution in [3.8, 4) is 11.5 Å². The van der Waals surface area contributed by atoms with Crippen molar-refractivity contribution in [3.63, 3.8) is 0 Å². The van der Waals surface area contributed by atoms with E-state index in [-0.39, 0.29) is 41.0 Å². The molecule has 1 aromatic carbocycles. The number of carbonyl (C=O) groups is 1. The molecule has 0 spiro atoms. The van der Waals surface area contributed by atoms with E-state index in [4.69, 9.17) is 0 Å². The van der Waals surface area contributed by atoms with E-state index in [0.717, 1.165) is 23.6 Å². The van der Waals surface area contributed by atoms with Crippen LogP contribution in [0.3, 0.4) is 0 Å². The van der Waals surface area contributed by atoms with Crippen LogP contribution in [0.25, 0.3) is 10.2 Å². The van der Waals surface area contributed by atoms with E-state index in [2.05, 4.69) is 19.8 Å². The second-order valence-corrected chi connectivity index (χ2v) is 10.1. The third-order valence-electron chi connectivity index (χ3n) is 6.62. The number of thiazole rings is 1. The van der Waals surface area contributed by atoms with Gasteiger partial charge in [-0.1, -0.05) is 11.3 Å². The highest BCUT2D eigenvalue weighted by atomic mass is 32.1. The Labute approximate surface area is 216 Å². The summed E-state index contributed by atoms with van der Waals surface area (Å²) in [6.07, 6.45) is -4.85. The Bertz CT molecular complexity index is 1340. The van der Waals surface area contributed by atoms with Gasteiger partial charge in [-0.3, -0.25) is 9.69 Å². The van der Waals surface area contributed by atoms with Crippen LogP contribution in [-0.4, -0.2) is 64.0 Å². The number of fused-ring (bicyclic) bond motifs is 2. The largest absolute Gasteiger partial charge is 0.618 e. The molecule has 3 N–H and O–H groups in total. The van der Waals surface area contributed by atoms with E-state index in [1.54, 1.807) is 11.8 Å². The zero-order valence-corrected chi connectivity index (χ0v) is 20.6. The number of anilines is 1. The van der Waals surface area contributed by atoms with E-state index in [0.29, 0.717) is 14.9 Å². The highest BCUT2D eigenvalue weighted by Gasteiger charge is 2.47. The summed E-state index contributed by atoms with van der Waals surface area (Å²) in [7, 11) is 0. The van der Waals surface area contributed by atoms with Gasteiger partial charge >= 0.3 is 6.29 Å². The van der Waals surface area contributed by atoms with Gasteiger partial charge in [0.1, 0.15) is 0 Å². The Morgan fingerprint density at radius 2 is 2.03 bits per heavy atom. The van der Waals surface area contributed by atoms with Gasteiger partial charge in [-0.2, -0.15) is 4.73 Å². The van der Waals surface area contributed by atoms with Crippen molar-refractivity contribution in [1.29, 1.82) is 0 Å². The third kappa shape index (κ3) is 4.93. The van der Waals surface area contributed by atoms with Crippen molar-refractivity contribution in [2.45, 2.75) is 43.6 Å². The Kier molecular flexibility index (Phi) is 6.57. The lowest BCUT2D eigenvalue weighted by Crippen LogP contribution is -2.52. The van der Waals surface area contributed by atoms with Crippen molar-refractivity contribution in [2.75, 3.05) is 25.0 Å². The standard InChI is InChI=1S/C23H22F4N4O6S/c1-11(20(34)29-21-28-14-7-17-18(8-19(14)38-21)37-23(26,27)36-17)30-5-3-22(24,25)13(9-30)12-2-4-31(35)15(6-12)16(33)10-32/h2,4,6-8,11,13,16,32-33H,3,5,9-10H2,1H3,(H,28,29,34)/t11-,13?,16?/m0/s1. The summed E-state index contributed by atoms with van der Waals surface area (Å²) in [4.78, 5) is 18.8. The van der Waals surface area contributed by atoms with Crippen LogP contribution in [0, 0.1) is 5.21 Å². The van der Waals surface area contributed by atoms with Gasteiger partial charge in [0, 0.05) is 43.8 Å². The molecule has 1 fully saturated rings. The monoisotopic (exact) mass is 558 g/mol. The molecule has 10 nitrogen and oxygen atoms in total. The highest BCUT2D eigenvalue weighted by Crippen LogP contribution is 2.45. The van der Waals surface area contributed by atoms with Crippen molar-refractivity contribution in [2.24, 2.45) is 0 Å². The number of nitrogens with zero attached hydrogens (tertiary/aromatic N) is 3. The lowest BCUT2D eigenvalue weighted by atomic mass is 9.86. The summed E-state index contributed by atoms with van der Waals surface area (Å²) < 4.78 is 66.0. The highest BCUT2D eigenvalue weighted by molar-refractivity contribution is 7.22. The van der Waals surface area contributed by atoms with Crippen LogP contribution in [0.5, 0.6) is 11.5 Å². The van der Waals surface area contributed by atoms with Crippen LogP contribution in [0.2, 0.25) is 0 Å². The molecule has 2 aliphatic rings. The van der Waals surface area contributed by atoms with E-state index in [1.165, 1.54) is 18.2 Å². The number of likely N-dealkylation sites (tertiary alicyclic amines) is 1. The van der Waals surface area contributed by atoms with Gasteiger partial charge < -0.3 is 30.2 Å². The summed E-state index contributed by atoms with van der Waals surface area (Å²) in [6, 6.07) is 4.13. The number of ether oxygens (including phenoxy) is 2. The normalized spacial score (nSPS) is 21.8. The molecule has 15 heteroatoms. The number of hydrogen-bond donors (Lipinski definition) is 3. The Morgan fingerprint density at radius 1 is 1.32 bits per heavy atom. The molecule has 4 heterocycles. The zero-order valence-electron chi connectivity index (χ0n) is 19.7. The lowest BCUT2D eigenvalue weighted by Gasteiger charge is -2.40. The number of halogens is 4. The molecule has 0 bridgehead atoms. The summed E-state index contributed by atoms with van der Waals surface area (Å²) >= 11 is 1.02. The Balaban J connectivity index is 1.31. The number of pyridine rings is 1. The molecule has 38 heavy (non-hydrogen) atoms. The summed E-state index contributed by atoms with van der Waals surface area (Å²) in [5, 5.41) is 33.8. The third-order valence-corrected chi connectivity index (χ3v) is 7.55. The Morgan fingerprint density at radius 3 is 2.74 bits per heavy atom. The number of aliphatic hydroxyl groups is 2. The second-order valence-electron chi connectivity index (χ2n) is 9.09. The molecule has 0 aliphatic carbocycles. The van der Waals surface area contributed by atoms with Crippen LogP contribution in [0.15, 0.2) is 30.5 Å². The number of aliphatic hydroxyl groups excluding tert-OH is 2. The quantitative estimate of drug-likeness (QED) is 0.239. The molecule has 2 unspecified atom stereocenters. The van der Waals surface area contributed by atoms with Crippen molar-refractivity contribution in [3.05, 3.63) is 46.9 Å². The topological polar surface area (TPSA) is 131 Å². The molecule has 2 aromatic heterocycles. The number of amides is 1. The van der Waals surface area contributed by atoms with Gasteiger partial charge in [0.2, 0.25) is 11.6 Å². The second kappa shape index (κ2) is 9.48. The van der Waals surface area contributed by atoms with Gasteiger partial charge in [0.15, 0.2) is 28.9 Å². The smallest absolute Gasteiger partial charge is 0.586 e. The maximum absolute atomic E-state index is 14.9. The number of rotatable bonds is 6. The molecule has 0 radical (unpaired) electrons. The van der Waals surface area contributed by atoms with Gasteiger partial charge in [-0.05, 0) is 12.5 Å². The van der Waals surface area contributed by atoms with Crippen molar-refractivity contribution in [1.82, 2.24) is 9.88 Å². The molecule has 2 aliphatic heterocycles. The molecule has 5 rings (SSSR count). The van der Waals surface area contributed by atoms with Crippen molar-refractivity contribution < 1.29 is 46.8 Å².